The minimum Gasteiger partial charge on any atom is -0.456 e. The maximum absolute atomic E-state index is 6.87. The molecule has 2 aliphatic heterocycles. The van der Waals surface area contributed by atoms with Gasteiger partial charge in [0.2, 0.25) is 0 Å². The third-order valence-electron chi connectivity index (χ3n) is 12.8. The van der Waals surface area contributed by atoms with E-state index in [1.165, 1.54) is 21.8 Å². The van der Waals surface area contributed by atoms with Gasteiger partial charge in [-0.1, -0.05) is 140 Å². The van der Waals surface area contributed by atoms with Crippen molar-refractivity contribution in [2.24, 2.45) is 0 Å². The predicted octanol–water partition coefficient (Wildman–Crippen LogP) is 16.8. The Morgan fingerprint density at radius 1 is 0.281 bits per heavy atom. The first-order valence-electron chi connectivity index (χ1n) is 21.7. The molecule has 2 aliphatic rings. The van der Waals surface area contributed by atoms with E-state index in [0.717, 1.165) is 101 Å². The number of ether oxygens (including phenoxy) is 2. The van der Waals surface area contributed by atoms with E-state index in [1.54, 1.807) is 0 Å². The van der Waals surface area contributed by atoms with Crippen LogP contribution < -0.4 is 14.4 Å². The first-order chi connectivity index (χ1) is 31.7. The van der Waals surface area contributed by atoms with Gasteiger partial charge >= 0.3 is 0 Å². The fourth-order valence-electron chi connectivity index (χ4n) is 9.87. The van der Waals surface area contributed by atoms with Gasteiger partial charge in [0.25, 0.3) is 0 Å². The summed E-state index contributed by atoms with van der Waals surface area (Å²) in [5.41, 5.74) is 17.7. The van der Waals surface area contributed by atoms with Crippen LogP contribution in [0.2, 0.25) is 0 Å². The van der Waals surface area contributed by atoms with Crippen LogP contribution in [0.4, 0.5) is 17.1 Å². The van der Waals surface area contributed by atoms with Crippen molar-refractivity contribution in [1.82, 2.24) is 4.57 Å². The molecule has 0 fully saturated rings. The number of hydrogen-bond donors (Lipinski definition) is 0. The number of fused-ring (bicyclic) bond motifs is 13. The largest absolute Gasteiger partial charge is 0.456 e. The Balaban J connectivity index is 0.972. The summed E-state index contributed by atoms with van der Waals surface area (Å²) in [5.74, 6) is 3.33. The summed E-state index contributed by atoms with van der Waals surface area (Å²) in [7, 11) is 0. The van der Waals surface area contributed by atoms with E-state index >= 15 is 0 Å². The van der Waals surface area contributed by atoms with Gasteiger partial charge in [-0.05, 0) is 118 Å². The third kappa shape index (κ3) is 5.77. The number of benzene rings is 10. The zero-order chi connectivity index (χ0) is 42.1. The average molecular weight is 819 g/mol. The van der Waals surface area contributed by atoms with Gasteiger partial charge in [-0.2, -0.15) is 0 Å². The molecule has 0 saturated heterocycles. The highest BCUT2D eigenvalue weighted by atomic mass is 16.5. The molecule has 3 heterocycles. The maximum atomic E-state index is 6.87. The molecule has 13 rings (SSSR count). The Hall–Kier alpha value is -8.60. The standard InChI is InChI=1S/C60H38N2O2/c1-2-14-41(15-3-1)62-55-22-10-6-18-48(55)54-36-40(28-35-56(54)62)39-26-29-42(30-27-39)61(43-31-33-47-50-20-8-11-23-57(50)63-59-25-13-9-21-51(59)53(47)37-43)44-32-34-52-46-17-5-4-16-45(46)49-19-7-12-24-58(49)64-60(52)38-44/h1-38H. The van der Waals surface area contributed by atoms with Gasteiger partial charge in [0.15, 0.2) is 0 Å². The van der Waals surface area contributed by atoms with E-state index in [4.69, 9.17) is 9.47 Å². The molecule has 0 spiro atoms. The molecule has 4 heteroatoms. The Morgan fingerprint density at radius 3 is 1.44 bits per heavy atom. The van der Waals surface area contributed by atoms with Crippen molar-refractivity contribution >= 4 is 38.9 Å². The van der Waals surface area contributed by atoms with Crippen molar-refractivity contribution < 1.29 is 9.47 Å². The number of anilines is 3. The predicted molar refractivity (Wildman–Crippen MR) is 263 cm³/mol. The smallest absolute Gasteiger partial charge is 0.137 e. The highest BCUT2D eigenvalue weighted by molar-refractivity contribution is 6.10. The molecule has 1 aromatic heterocycles. The van der Waals surface area contributed by atoms with E-state index in [0.29, 0.717) is 0 Å². The van der Waals surface area contributed by atoms with Crippen LogP contribution in [-0.4, -0.2) is 4.57 Å². The summed E-state index contributed by atoms with van der Waals surface area (Å²) in [4.78, 5) is 2.34. The van der Waals surface area contributed by atoms with Crippen LogP contribution in [0.3, 0.4) is 0 Å². The molecule has 0 unspecified atom stereocenters. The monoisotopic (exact) mass is 818 g/mol. The first-order valence-corrected chi connectivity index (χ1v) is 21.7. The summed E-state index contributed by atoms with van der Waals surface area (Å²) in [6.07, 6.45) is 0. The van der Waals surface area contributed by atoms with E-state index in [1.807, 2.05) is 24.3 Å². The quantitative estimate of drug-likeness (QED) is 0.173. The Labute approximate surface area is 371 Å². The van der Waals surface area contributed by atoms with E-state index in [2.05, 4.69) is 216 Å². The van der Waals surface area contributed by atoms with Gasteiger partial charge in [0.1, 0.15) is 23.0 Å². The molecule has 4 nitrogen and oxygen atoms in total. The van der Waals surface area contributed by atoms with Crippen LogP contribution in [0, 0.1) is 0 Å². The summed E-state index contributed by atoms with van der Waals surface area (Å²) < 4.78 is 15.8. The number of nitrogens with zero attached hydrogens (tertiary/aromatic N) is 2. The summed E-state index contributed by atoms with van der Waals surface area (Å²) in [5, 5.41) is 2.46. The van der Waals surface area contributed by atoms with Crippen LogP contribution in [0.25, 0.3) is 83.1 Å². The summed E-state index contributed by atoms with van der Waals surface area (Å²) >= 11 is 0. The Bertz CT molecular complexity index is 3620. The van der Waals surface area contributed by atoms with Gasteiger partial charge in [0.05, 0.1) is 11.0 Å². The molecule has 0 bridgehead atoms. The van der Waals surface area contributed by atoms with Crippen LogP contribution >= 0.6 is 0 Å². The Kier molecular flexibility index (Phi) is 8.18. The second-order valence-electron chi connectivity index (χ2n) is 16.5. The number of aromatic nitrogens is 1. The van der Waals surface area contributed by atoms with Crippen LogP contribution in [0.1, 0.15) is 0 Å². The molecule has 10 aromatic carbocycles. The molecular formula is C60H38N2O2. The molecule has 0 N–H and O–H groups in total. The molecule has 300 valence electrons. The van der Waals surface area contributed by atoms with Gasteiger partial charge in [-0.15, -0.1) is 0 Å². The molecule has 0 radical (unpaired) electrons. The van der Waals surface area contributed by atoms with Crippen molar-refractivity contribution in [2.75, 3.05) is 4.90 Å². The van der Waals surface area contributed by atoms with Crippen molar-refractivity contribution in [1.29, 1.82) is 0 Å². The molecule has 0 aliphatic carbocycles. The normalized spacial score (nSPS) is 12.0. The van der Waals surface area contributed by atoms with Crippen molar-refractivity contribution in [3.8, 4) is 84.3 Å². The van der Waals surface area contributed by atoms with E-state index in [9.17, 15) is 0 Å². The molecule has 0 saturated carbocycles. The Morgan fingerprint density at radius 2 is 0.750 bits per heavy atom. The van der Waals surface area contributed by atoms with E-state index in [-0.39, 0.29) is 0 Å². The minimum atomic E-state index is 0.807. The number of hydrogen-bond acceptors (Lipinski definition) is 3. The SMILES string of the molecule is c1ccc(-n2c3ccccc3c3cc(-c4ccc(N(c5ccc6c(c5)Oc5ccccc5-c5ccccc5-6)c5ccc6c(c5)-c5ccccc5Oc5ccccc5-6)cc4)ccc32)cc1. The molecule has 11 aromatic rings. The lowest BCUT2D eigenvalue weighted by Gasteiger charge is -2.27. The lowest BCUT2D eigenvalue weighted by molar-refractivity contribution is 0.487. The number of para-hydroxylation sites is 5. The zero-order valence-corrected chi connectivity index (χ0v) is 34.7. The van der Waals surface area contributed by atoms with Crippen LogP contribution in [0.5, 0.6) is 23.0 Å². The second-order valence-corrected chi connectivity index (χ2v) is 16.5. The van der Waals surface area contributed by atoms with E-state index < -0.39 is 0 Å². The summed E-state index contributed by atoms with van der Waals surface area (Å²) in [6, 6.07) is 82.1. The van der Waals surface area contributed by atoms with Gasteiger partial charge in [-0.3, -0.25) is 0 Å². The van der Waals surface area contributed by atoms with Crippen molar-refractivity contribution in [2.45, 2.75) is 0 Å². The van der Waals surface area contributed by atoms with Gasteiger partial charge < -0.3 is 18.9 Å². The maximum Gasteiger partial charge on any atom is 0.137 e. The van der Waals surface area contributed by atoms with Crippen molar-refractivity contribution in [3.63, 3.8) is 0 Å². The van der Waals surface area contributed by atoms with Crippen molar-refractivity contribution in [3.05, 3.63) is 231 Å². The lowest BCUT2D eigenvalue weighted by Crippen LogP contribution is -2.10. The van der Waals surface area contributed by atoms with Gasteiger partial charge in [0, 0.05) is 61.8 Å². The molecule has 0 amide bonds. The topological polar surface area (TPSA) is 26.6 Å². The highest BCUT2D eigenvalue weighted by Gasteiger charge is 2.25. The molecular weight excluding hydrogens is 781 g/mol. The fourth-order valence-corrected chi connectivity index (χ4v) is 9.87. The second kappa shape index (κ2) is 14.5. The molecule has 0 atom stereocenters. The number of rotatable bonds is 5. The highest BCUT2D eigenvalue weighted by Crippen LogP contribution is 2.51. The van der Waals surface area contributed by atoms with Gasteiger partial charge in [-0.25, -0.2) is 0 Å². The first kappa shape index (κ1) is 36.1. The zero-order valence-electron chi connectivity index (χ0n) is 34.7. The minimum absolute atomic E-state index is 0.807. The lowest BCUT2D eigenvalue weighted by atomic mass is 9.93. The van der Waals surface area contributed by atoms with Crippen LogP contribution in [0.15, 0.2) is 231 Å². The molecule has 64 heavy (non-hydrogen) atoms. The fraction of sp³-hybridized carbons (Fsp3) is 0. The van der Waals surface area contributed by atoms with Crippen LogP contribution in [-0.2, 0) is 0 Å². The third-order valence-corrected chi connectivity index (χ3v) is 12.8. The summed E-state index contributed by atoms with van der Waals surface area (Å²) in [6.45, 7) is 0. The average Bonchev–Trinajstić information content (AvgIpc) is 3.52.